The fourth-order valence-electron chi connectivity index (χ4n) is 7.24. The van der Waals surface area contributed by atoms with E-state index in [-0.39, 0.29) is 80.8 Å². The molecule has 52 heavy (non-hydrogen) atoms. The van der Waals surface area contributed by atoms with E-state index < -0.39 is 11.2 Å². The molecular formula is C41H46Br2N2NiO6. The van der Waals surface area contributed by atoms with Crippen LogP contribution in [0.15, 0.2) is 107 Å². The van der Waals surface area contributed by atoms with Gasteiger partial charge in [0.1, 0.15) is 35.1 Å². The van der Waals surface area contributed by atoms with E-state index in [1.807, 2.05) is 72.8 Å². The molecule has 0 fully saturated rings. The van der Waals surface area contributed by atoms with E-state index in [1.54, 1.807) is 28.4 Å². The van der Waals surface area contributed by atoms with E-state index in [2.05, 4.69) is 52.0 Å². The first-order valence-electron chi connectivity index (χ1n) is 16.8. The second kappa shape index (κ2) is 18.0. The van der Waals surface area contributed by atoms with Crippen LogP contribution in [0.3, 0.4) is 0 Å². The van der Waals surface area contributed by atoms with Gasteiger partial charge in [-0.3, -0.25) is 0 Å². The van der Waals surface area contributed by atoms with Crippen molar-refractivity contribution in [1.29, 1.82) is 0 Å². The molecular weight excluding hydrogens is 835 g/mol. The summed E-state index contributed by atoms with van der Waals surface area (Å²) in [6, 6.07) is 31.6. The van der Waals surface area contributed by atoms with Gasteiger partial charge in [0.2, 0.25) is 0 Å². The average molecular weight is 881 g/mol. The third-order valence-corrected chi connectivity index (χ3v) is 9.52. The molecule has 6 rings (SSSR count). The zero-order valence-electron chi connectivity index (χ0n) is 30.7. The Morgan fingerprint density at radius 1 is 0.519 bits per heavy atom. The third-order valence-electron chi connectivity index (χ3n) is 9.52. The molecule has 2 heterocycles. The van der Waals surface area contributed by atoms with E-state index in [1.165, 1.54) is 0 Å². The molecule has 0 unspecified atom stereocenters. The van der Waals surface area contributed by atoms with Crippen molar-refractivity contribution in [3.05, 3.63) is 119 Å². The Kier molecular flexibility index (Phi) is 14.8. The zero-order valence-corrected chi connectivity index (χ0v) is 34.8. The fourth-order valence-corrected chi connectivity index (χ4v) is 7.24. The minimum atomic E-state index is -0.945. The van der Waals surface area contributed by atoms with Gasteiger partial charge in [-0.05, 0) is 60.4 Å². The van der Waals surface area contributed by atoms with E-state index in [0.29, 0.717) is 11.8 Å². The largest absolute Gasteiger partial charge is 2.00 e. The second-order valence-corrected chi connectivity index (χ2v) is 13.2. The van der Waals surface area contributed by atoms with Gasteiger partial charge < -0.3 is 62.4 Å². The fraction of sp³-hybridized carbons (Fsp3) is 0.366. The Bertz CT molecular complexity index is 1640. The van der Waals surface area contributed by atoms with Gasteiger partial charge >= 0.3 is 16.5 Å². The number of benzene rings is 4. The Hall–Kier alpha value is -3.53. The van der Waals surface area contributed by atoms with Crippen LogP contribution in [-0.4, -0.2) is 52.3 Å². The first kappa shape index (κ1) is 42.9. The van der Waals surface area contributed by atoms with Crippen LogP contribution in [0.4, 0.5) is 0 Å². The molecule has 0 aromatic heterocycles. The monoisotopic (exact) mass is 878 g/mol. The molecule has 0 N–H and O–H groups in total. The van der Waals surface area contributed by atoms with Crippen LogP contribution in [0, 0.1) is 11.8 Å². The Balaban J connectivity index is 0.00000243. The quantitative estimate of drug-likeness (QED) is 0.204. The van der Waals surface area contributed by atoms with Gasteiger partial charge in [0.25, 0.3) is 0 Å². The summed E-state index contributed by atoms with van der Waals surface area (Å²) in [5.74, 6) is 4.31. The standard InChI is InChI=1S/C41H46N2O6.2BrH.Ni/c1-26(2)38-40(28-13-9-17-32(21-28)44-5,29-14-10-18-33(22-29)45-6)48-36(42-38)25-37-43-39(27(3)4)41(49-37,30-15-11-19-34(23-30)46-7)31-16-12-20-35(24-31)47-8;;;/h9-24,26-27,38-39H,25H2,1-8H3;2*1H;/q;;;+2/p-2/t38-,39-;;;/m1.../s1. The number of rotatable bonds is 12. The molecule has 0 amide bonds. The van der Waals surface area contributed by atoms with Crippen LogP contribution in [0.2, 0.25) is 0 Å². The number of methoxy groups -OCH3 is 4. The van der Waals surface area contributed by atoms with Gasteiger partial charge in [-0.25, -0.2) is 9.98 Å². The van der Waals surface area contributed by atoms with Crippen molar-refractivity contribution in [3.63, 3.8) is 0 Å². The molecule has 2 atom stereocenters. The molecule has 0 aliphatic carbocycles. The number of hydrogen-bond donors (Lipinski definition) is 0. The van der Waals surface area contributed by atoms with Gasteiger partial charge in [-0.15, -0.1) is 0 Å². The van der Waals surface area contributed by atoms with Gasteiger partial charge in [-0.2, -0.15) is 0 Å². The maximum Gasteiger partial charge on any atom is 2.00 e. The SMILES string of the molecule is COc1cccc(C2(c3cccc(OC)c3)OC(CC3=N[C@H](C(C)C)C(c4cccc(OC)c4)(c4cccc(OC)c4)O3)=N[C@@H]2C(C)C)c1.[Br-].[Br-].[Ni+2]. The predicted octanol–water partition coefficient (Wildman–Crippen LogP) is 2.21. The van der Waals surface area contributed by atoms with Gasteiger partial charge in [-0.1, -0.05) is 76.2 Å². The van der Waals surface area contributed by atoms with Crippen molar-refractivity contribution >= 4 is 11.8 Å². The van der Waals surface area contributed by atoms with Crippen molar-refractivity contribution in [3.8, 4) is 23.0 Å². The summed E-state index contributed by atoms with van der Waals surface area (Å²) < 4.78 is 37.0. The summed E-state index contributed by atoms with van der Waals surface area (Å²) in [6.07, 6.45) is 0.276. The van der Waals surface area contributed by atoms with Crippen LogP contribution in [0.1, 0.15) is 56.4 Å². The van der Waals surface area contributed by atoms with Crippen LogP contribution in [0.5, 0.6) is 23.0 Å². The molecule has 0 bridgehead atoms. The van der Waals surface area contributed by atoms with E-state index >= 15 is 0 Å². The molecule has 0 saturated carbocycles. The third kappa shape index (κ3) is 7.87. The predicted molar refractivity (Wildman–Crippen MR) is 192 cm³/mol. The van der Waals surface area contributed by atoms with E-state index in [4.69, 9.17) is 38.4 Å². The van der Waals surface area contributed by atoms with Crippen molar-refractivity contribution in [2.24, 2.45) is 21.8 Å². The van der Waals surface area contributed by atoms with Crippen LogP contribution >= 0.6 is 0 Å². The Morgan fingerprint density at radius 2 is 0.788 bits per heavy atom. The summed E-state index contributed by atoms with van der Waals surface area (Å²) >= 11 is 0. The molecule has 0 radical (unpaired) electrons. The average Bonchev–Trinajstić information content (AvgIpc) is 3.73. The molecule has 2 aliphatic rings. The number of aliphatic imine (C=N–C) groups is 2. The molecule has 11 heteroatoms. The first-order chi connectivity index (χ1) is 23.7. The summed E-state index contributed by atoms with van der Waals surface area (Å²) in [5, 5.41) is 0. The maximum atomic E-state index is 7.14. The number of hydrogen-bond acceptors (Lipinski definition) is 8. The normalized spacial score (nSPS) is 18.0. The molecule has 280 valence electrons. The smallest absolute Gasteiger partial charge is 1.00 e. The number of nitrogens with zero attached hydrogens (tertiary/aromatic N) is 2. The maximum absolute atomic E-state index is 7.14. The zero-order chi connectivity index (χ0) is 34.8. The van der Waals surface area contributed by atoms with Crippen LogP contribution in [0.25, 0.3) is 0 Å². The van der Waals surface area contributed by atoms with Crippen LogP contribution in [-0.2, 0) is 37.2 Å². The van der Waals surface area contributed by atoms with Crippen molar-refractivity contribution < 1.29 is 78.9 Å². The van der Waals surface area contributed by atoms with Gasteiger partial charge in [0.15, 0.2) is 23.0 Å². The van der Waals surface area contributed by atoms with Gasteiger partial charge in [0, 0.05) is 22.3 Å². The number of ether oxygens (including phenoxy) is 6. The number of halogens is 2. The summed E-state index contributed by atoms with van der Waals surface area (Å²) in [7, 11) is 6.69. The topological polar surface area (TPSA) is 80.1 Å². The molecule has 8 nitrogen and oxygen atoms in total. The molecule has 4 aromatic rings. The summed E-state index contributed by atoms with van der Waals surface area (Å²) in [5.41, 5.74) is 1.87. The molecule has 0 spiro atoms. The minimum Gasteiger partial charge on any atom is -1.00 e. The Morgan fingerprint density at radius 3 is 1.02 bits per heavy atom. The van der Waals surface area contributed by atoms with E-state index in [9.17, 15) is 0 Å². The van der Waals surface area contributed by atoms with Crippen molar-refractivity contribution in [1.82, 2.24) is 0 Å². The molecule has 2 aliphatic heterocycles. The molecule has 0 saturated heterocycles. The first-order valence-corrected chi connectivity index (χ1v) is 16.8. The second-order valence-electron chi connectivity index (χ2n) is 13.2. The van der Waals surface area contributed by atoms with E-state index in [0.717, 1.165) is 45.3 Å². The van der Waals surface area contributed by atoms with Gasteiger partial charge in [0.05, 0.1) is 34.9 Å². The minimum absolute atomic E-state index is 0. The van der Waals surface area contributed by atoms with Crippen molar-refractivity contribution in [2.75, 3.05) is 28.4 Å². The Labute approximate surface area is 338 Å². The van der Waals surface area contributed by atoms with Crippen molar-refractivity contribution in [2.45, 2.75) is 57.4 Å². The molecule has 4 aromatic carbocycles. The van der Waals surface area contributed by atoms with Crippen LogP contribution < -0.4 is 52.9 Å². The summed E-state index contributed by atoms with van der Waals surface area (Å²) in [6.45, 7) is 8.68. The summed E-state index contributed by atoms with van der Waals surface area (Å²) in [4.78, 5) is 10.6.